The molecule has 1 aliphatic heterocycles. The van der Waals surface area contributed by atoms with Crippen molar-refractivity contribution in [3.63, 3.8) is 0 Å². The Morgan fingerprint density at radius 1 is 2.20 bits per heavy atom. The smallest absolute Gasteiger partial charge is 0.0787 e. The summed E-state index contributed by atoms with van der Waals surface area (Å²) in [5.41, 5.74) is 0. The molecular weight excluding hydrogens is 62.1 g/mol. The number of aliphatic imine (C=N–C) groups is 1. The Morgan fingerprint density at radius 3 is 3.40 bits per heavy atom. The molecule has 0 saturated carbocycles. The van der Waals surface area contributed by atoms with Gasteiger partial charge in [0.1, 0.15) is 0 Å². The first-order chi connectivity index (χ1) is 5.13. The number of rotatable bonds is 0. The van der Waals surface area contributed by atoms with Crippen molar-refractivity contribution in [2.75, 3.05) is 6.50 Å². The third-order valence-electron chi connectivity index (χ3n) is 0.286. The summed E-state index contributed by atoms with van der Waals surface area (Å²) in [6.45, 7) is -2.65. The number of hydrogen-bond acceptors (Lipinski definition) is 1. The van der Waals surface area contributed by atoms with Gasteiger partial charge in [0.15, 0.2) is 0 Å². The van der Waals surface area contributed by atoms with Crippen LogP contribution in [0.15, 0.2) is 4.99 Å². The van der Waals surface area contributed by atoms with Crippen LogP contribution >= 0.6 is 0 Å². The zero-order chi connectivity index (χ0) is 9.78. The highest BCUT2D eigenvalue weighted by Crippen LogP contribution is 1.92. The van der Waals surface area contributed by atoms with Gasteiger partial charge >= 0.3 is 0 Å². The van der Waals surface area contributed by atoms with E-state index in [2.05, 4.69) is 4.99 Å². The van der Waals surface area contributed by atoms with Gasteiger partial charge in [-0.15, -0.1) is 0 Å². The van der Waals surface area contributed by atoms with Crippen LogP contribution in [-0.2, 0) is 0 Å². The largest absolute Gasteiger partial charge is 0.298 e. The van der Waals surface area contributed by atoms with Crippen molar-refractivity contribution in [3.05, 3.63) is 0 Å². The summed E-state index contributed by atoms with van der Waals surface area (Å²) >= 11 is 0. The maximum Gasteiger partial charge on any atom is 0.0787 e. The predicted octanol–water partition coefficient (Wildman–Crippen LogP) is 0.851. The zero-order valence-electron chi connectivity index (χ0n) is 9.45. The first-order valence-electron chi connectivity index (χ1n) is 4.70. The minimum atomic E-state index is -2.77. The van der Waals surface area contributed by atoms with Gasteiger partial charge in [-0.05, 0) is 18.9 Å². The molecule has 0 aromatic carbocycles. The molecule has 28 valence electrons. The van der Waals surface area contributed by atoms with Gasteiger partial charge in [0.25, 0.3) is 0 Å². The van der Waals surface area contributed by atoms with E-state index in [0.717, 1.165) is 0 Å². The molecule has 5 heavy (non-hydrogen) atoms. The highest BCUT2D eigenvalue weighted by molar-refractivity contribution is 5.58. The molecule has 0 fully saturated rings. The SMILES string of the molecule is [2H]C1=NC([2H])([2H])C([2H])([2H])C1([2H])[2H]. The molecule has 0 aliphatic carbocycles. The molecule has 1 rings (SSSR count). The monoisotopic (exact) mass is 76.1 g/mol. The van der Waals surface area contributed by atoms with Crippen LogP contribution in [0.3, 0.4) is 0 Å². The number of nitrogens with zero attached hydrogens (tertiary/aromatic N) is 1. The predicted molar refractivity (Wildman–Crippen MR) is 22.6 cm³/mol. The molecule has 0 radical (unpaired) electrons. The lowest BCUT2D eigenvalue weighted by molar-refractivity contribution is 0.952. The van der Waals surface area contributed by atoms with E-state index in [9.17, 15) is 0 Å². The van der Waals surface area contributed by atoms with Gasteiger partial charge in [0.05, 0.1) is 4.11 Å². The second kappa shape index (κ2) is 1.20. The van der Waals surface area contributed by atoms with Gasteiger partial charge in [-0.2, -0.15) is 0 Å². The molecule has 0 amide bonds. The van der Waals surface area contributed by atoms with Gasteiger partial charge in [-0.25, -0.2) is 0 Å². The molecule has 0 bridgehead atoms. The average Bonchev–Trinajstić information content (AvgIpc) is 1.92. The zero-order valence-corrected chi connectivity index (χ0v) is 2.45. The van der Waals surface area contributed by atoms with Crippen LogP contribution in [0.4, 0.5) is 0 Å². The average molecular weight is 76.1 g/mol. The first kappa shape index (κ1) is 0.462. The summed E-state index contributed by atoms with van der Waals surface area (Å²) in [6.07, 6.45) is -6.29. The third kappa shape index (κ3) is 0.469. The topological polar surface area (TPSA) is 12.4 Å². The molecule has 0 N–H and O–H groups in total. The maximum absolute atomic E-state index is 7.10. The maximum atomic E-state index is 7.10. The summed E-state index contributed by atoms with van der Waals surface area (Å²) in [5.74, 6) is 0. The van der Waals surface area contributed by atoms with Gasteiger partial charge in [0.2, 0.25) is 0 Å². The van der Waals surface area contributed by atoms with E-state index in [1.807, 2.05) is 0 Å². The Labute approximate surface area is 41.6 Å². The molecule has 0 unspecified atom stereocenters. The first-order valence-corrected chi connectivity index (χ1v) is 1.20. The van der Waals surface area contributed by atoms with E-state index in [0.29, 0.717) is 0 Å². The fraction of sp³-hybridized carbons (Fsp3) is 0.750. The Morgan fingerprint density at radius 2 is 3.20 bits per heavy atom. The highest BCUT2D eigenvalue weighted by Gasteiger charge is 1.85. The Kier molecular flexibility index (Phi) is 0.111. The summed E-state index contributed by atoms with van der Waals surface area (Å²) in [4.78, 5) is 2.99. The van der Waals surface area contributed by atoms with Crippen LogP contribution in [0.25, 0.3) is 0 Å². The lowest BCUT2D eigenvalue weighted by Crippen LogP contribution is -1.62. The quantitative estimate of drug-likeness (QED) is 0.405. The van der Waals surface area contributed by atoms with E-state index in [1.54, 1.807) is 0 Å². The van der Waals surface area contributed by atoms with Crippen LogP contribution < -0.4 is 0 Å². The van der Waals surface area contributed by atoms with Crippen molar-refractivity contribution in [2.24, 2.45) is 4.99 Å². The Hall–Kier alpha value is -0.330. The molecule has 1 nitrogen and oxygen atoms in total. The minimum Gasteiger partial charge on any atom is -0.298 e. The molecule has 0 atom stereocenters. The molecule has 1 aliphatic rings. The molecule has 0 spiro atoms. The van der Waals surface area contributed by atoms with E-state index in [1.165, 1.54) is 0 Å². The van der Waals surface area contributed by atoms with Crippen molar-refractivity contribution in [2.45, 2.75) is 12.7 Å². The molecule has 0 saturated heterocycles. The molecule has 1 heterocycles. The third-order valence-corrected chi connectivity index (χ3v) is 0.286. The molecule has 1 heteroatoms. The summed E-state index contributed by atoms with van der Waals surface area (Å²) in [7, 11) is 0. The fourth-order valence-electron chi connectivity index (χ4n) is 0.140. The summed E-state index contributed by atoms with van der Waals surface area (Å²) < 4.78 is 49.4. The van der Waals surface area contributed by atoms with Gasteiger partial charge in [-0.1, -0.05) is 0 Å². The molecule has 0 aromatic rings. The molecule has 0 aromatic heterocycles. The van der Waals surface area contributed by atoms with Crippen molar-refractivity contribution in [3.8, 4) is 0 Å². The van der Waals surface area contributed by atoms with Crippen LogP contribution in [0, 0.1) is 0 Å². The summed E-state index contributed by atoms with van der Waals surface area (Å²) in [6, 6.07) is 0. The second-order valence-corrected chi connectivity index (χ2v) is 0.585. The van der Waals surface area contributed by atoms with E-state index in [4.69, 9.17) is 9.60 Å². The molecular formula is C4H7N. The van der Waals surface area contributed by atoms with Crippen molar-refractivity contribution >= 4 is 6.19 Å². The van der Waals surface area contributed by atoms with Crippen LogP contribution in [0.5, 0.6) is 0 Å². The minimum absolute atomic E-state index is 0.877. The summed E-state index contributed by atoms with van der Waals surface area (Å²) in [5, 5.41) is 0. The van der Waals surface area contributed by atoms with Gasteiger partial charge < -0.3 is 0 Å². The normalized spacial score (nSPS) is 73.6. The highest BCUT2D eigenvalue weighted by atomic mass is 14.7. The van der Waals surface area contributed by atoms with Crippen LogP contribution in [0.2, 0.25) is 0 Å². The van der Waals surface area contributed by atoms with Gasteiger partial charge in [0, 0.05) is 12.0 Å². The Bertz CT molecular complexity index is 242. The lowest BCUT2D eigenvalue weighted by Gasteiger charge is -1.67. The standard InChI is InChI=1S/C4H7N/c1-2-4-5-3-1/h3H,1-2,4H2/i1D2,2D2,3D,4D2. The van der Waals surface area contributed by atoms with Gasteiger partial charge in [-0.3, -0.25) is 4.99 Å². The lowest BCUT2D eigenvalue weighted by atomic mass is 10.4. The van der Waals surface area contributed by atoms with E-state index < -0.39 is 25.4 Å². The number of hydrogen-bond donors (Lipinski definition) is 0. The van der Waals surface area contributed by atoms with Crippen LogP contribution in [-0.4, -0.2) is 12.7 Å². The van der Waals surface area contributed by atoms with E-state index in [-0.39, 0.29) is 0 Å². The Balaban J connectivity index is 3.22. The van der Waals surface area contributed by atoms with Crippen molar-refractivity contribution < 1.29 is 9.60 Å². The van der Waals surface area contributed by atoms with Crippen LogP contribution in [0.1, 0.15) is 22.3 Å². The fourth-order valence-corrected chi connectivity index (χ4v) is 0.140. The van der Waals surface area contributed by atoms with Crippen molar-refractivity contribution in [1.82, 2.24) is 0 Å². The van der Waals surface area contributed by atoms with E-state index >= 15 is 0 Å². The van der Waals surface area contributed by atoms with Crippen molar-refractivity contribution in [1.29, 1.82) is 0 Å². The second-order valence-electron chi connectivity index (χ2n) is 0.585.